The monoisotopic (exact) mass is 357 g/mol. The molecule has 0 fully saturated rings. The number of hydrogen-bond donors (Lipinski definition) is 2. The summed E-state index contributed by atoms with van der Waals surface area (Å²) in [6, 6.07) is 7.31. The number of carbonyl (C=O) groups is 2. The van der Waals surface area contributed by atoms with Crippen LogP contribution in [0.1, 0.15) is 31.7 Å². The van der Waals surface area contributed by atoms with Crippen molar-refractivity contribution in [1.29, 1.82) is 0 Å². The van der Waals surface area contributed by atoms with Gasteiger partial charge in [-0.3, -0.25) is 9.89 Å². The predicted molar refractivity (Wildman–Crippen MR) is 91.7 cm³/mol. The highest BCUT2D eigenvalue weighted by Crippen LogP contribution is 2.44. The van der Waals surface area contributed by atoms with Crippen molar-refractivity contribution in [1.82, 2.24) is 15.5 Å². The number of H-pyrrole nitrogens is 1. The number of benzene rings is 1. The number of nitrogens with one attached hydrogen (secondary N) is 2. The Hall–Kier alpha value is -2.60. The van der Waals surface area contributed by atoms with E-state index >= 15 is 0 Å². The lowest BCUT2D eigenvalue weighted by atomic mass is 9.82. The first-order valence-electron chi connectivity index (χ1n) is 7.94. The van der Waals surface area contributed by atoms with Crippen molar-refractivity contribution in [3.8, 4) is 11.3 Å². The third-order valence-electron chi connectivity index (χ3n) is 4.62. The summed E-state index contributed by atoms with van der Waals surface area (Å²) in [5.41, 5.74) is 2.64. The van der Waals surface area contributed by atoms with E-state index in [9.17, 15) is 9.59 Å². The molecule has 4 rings (SSSR count). The van der Waals surface area contributed by atoms with Gasteiger partial charge in [0, 0.05) is 22.9 Å². The van der Waals surface area contributed by atoms with Gasteiger partial charge in [0.05, 0.1) is 23.2 Å². The molecular weight excluding hydrogens is 342 g/mol. The number of cyclic esters (lactones) is 1. The molecule has 1 amide bonds. The zero-order valence-corrected chi connectivity index (χ0v) is 14.5. The Morgan fingerprint density at radius 3 is 2.68 bits per heavy atom. The maximum absolute atomic E-state index is 12.4. The number of aromatic amines is 1. The van der Waals surface area contributed by atoms with Crippen molar-refractivity contribution in [3.05, 3.63) is 52.3 Å². The molecule has 6 nitrogen and oxygen atoms in total. The van der Waals surface area contributed by atoms with Crippen LogP contribution in [0.3, 0.4) is 0 Å². The average Bonchev–Trinajstić information content (AvgIpc) is 3.11. The van der Waals surface area contributed by atoms with Crippen LogP contribution in [-0.4, -0.2) is 27.7 Å². The maximum Gasteiger partial charge on any atom is 0.337 e. The Kier molecular flexibility index (Phi) is 3.47. The number of hydrogen-bond acceptors (Lipinski definition) is 4. The Bertz CT molecular complexity index is 912. The van der Waals surface area contributed by atoms with Gasteiger partial charge in [-0.1, -0.05) is 23.7 Å². The fourth-order valence-electron chi connectivity index (χ4n) is 3.45. The predicted octanol–water partition coefficient (Wildman–Crippen LogP) is 2.92. The number of aromatic nitrogens is 2. The Morgan fingerprint density at radius 2 is 1.96 bits per heavy atom. The minimum Gasteiger partial charge on any atom is -0.450 e. The van der Waals surface area contributed by atoms with Crippen LogP contribution in [-0.2, 0) is 14.3 Å². The lowest BCUT2D eigenvalue weighted by Gasteiger charge is -2.26. The van der Waals surface area contributed by atoms with Gasteiger partial charge in [-0.2, -0.15) is 5.10 Å². The second-order valence-electron chi connectivity index (χ2n) is 6.70. The van der Waals surface area contributed by atoms with Crippen molar-refractivity contribution >= 4 is 23.5 Å². The highest BCUT2D eigenvalue weighted by Gasteiger charge is 2.48. The third kappa shape index (κ3) is 2.53. The Labute approximate surface area is 149 Å². The van der Waals surface area contributed by atoms with Gasteiger partial charge in [0.15, 0.2) is 0 Å². The zero-order chi connectivity index (χ0) is 17.8. The molecule has 2 aromatic rings. The number of rotatable bonds is 2. The molecule has 0 unspecified atom stereocenters. The molecule has 0 aliphatic carbocycles. The van der Waals surface area contributed by atoms with Gasteiger partial charge >= 0.3 is 5.97 Å². The molecule has 2 N–H and O–H groups in total. The smallest absolute Gasteiger partial charge is 0.337 e. The molecule has 1 aromatic carbocycles. The summed E-state index contributed by atoms with van der Waals surface area (Å²) >= 11 is 5.96. The first-order valence-corrected chi connectivity index (χ1v) is 8.31. The molecule has 1 atom stereocenters. The first-order chi connectivity index (χ1) is 11.9. The SMILES string of the molecule is CC1(C)OC(=O)C2=C1NC(=O)C[C@@H]2c1cn[nH]c1-c1ccc(Cl)cc1. The maximum atomic E-state index is 12.4. The molecule has 0 spiro atoms. The Morgan fingerprint density at radius 1 is 1.24 bits per heavy atom. The van der Waals surface area contributed by atoms with Crippen LogP contribution in [0.4, 0.5) is 0 Å². The number of nitrogens with zero attached hydrogens (tertiary/aromatic N) is 1. The molecule has 7 heteroatoms. The lowest BCUT2D eigenvalue weighted by molar-refractivity contribution is -0.144. The molecule has 2 aliphatic heterocycles. The van der Waals surface area contributed by atoms with E-state index in [-0.39, 0.29) is 12.3 Å². The van der Waals surface area contributed by atoms with E-state index < -0.39 is 17.5 Å². The van der Waals surface area contributed by atoms with Crippen LogP contribution < -0.4 is 5.32 Å². The van der Waals surface area contributed by atoms with Gasteiger partial charge in [0.2, 0.25) is 5.91 Å². The van der Waals surface area contributed by atoms with E-state index in [2.05, 4.69) is 15.5 Å². The summed E-state index contributed by atoms with van der Waals surface area (Å²) in [5.74, 6) is -0.936. The fraction of sp³-hybridized carbons (Fsp3) is 0.278. The third-order valence-corrected chi connectivity index (χ3v) is 4.87. The van der Waals surface area contributed by atoms with Crippen molar-refractivity contribution in [2.45, 2.75) is 31.8 Å². The van der Waals surface area contributed by atoms with E-state index in [1.165, 1.54) is 0 Å². The molecule has 25 heavy (non-hydrogen) atoms. The van der Waals surface area contributed by atoms with Gasteiger partial charge in [0.1, 0.15) is 5.60 Å². The van der Waals surface area contributed by atoms with E-state index in [1.807, 2.05) is 12.1 Å². The number of esters is 1. The van der Waals surface area contributed by atoms with Crippen LogP contribution >= 0.6 is 11.6 Å². The van der Waals surface area contributed by atoms with Crippen molar-refractivity contribution in [2.24, 2.45) is 0 Å². The van der Waals surface area contributed by atoms with Crippen LogP contribution in [0.2, 0.25) is 5.02 Å². The second kappa shape index (κ2) is 5.46. The van der Waals surface area contributed by atoms with Gasteiger partial charge in [-0.15, -0.1) is 0 Å². The number of halogens is 1. The topological polar surface area (TPSA) is 84.1 Å². The summed E-state index contributed by atoms with van der Waals surface area (Å²) < 4.78 is 5.46. The summed E-state index contributed by atoms with van der Waals surface area (Å²) in [7, 11) is 0. The van der Waals surface area contributed by atoms with Crippen molar-refractivity contribution in [3.63, 3.8) is 0 Å². The number of amides is 1. The molecule has 2 aliphatic rings. The normalized spacial score (nSPS) is 21.8. The molecule has 0 bridgehead atoms. The average molecular weight is 358 g/mol. The summed E-state index contributed by atoms with van der Waals surface area (Å²) in [6.07, 6.45) is 1.83. The molecule has 1 aromatic heterocycles. The highest BCUT2D eigenvalue weighted by atomic mass is 35.5. The lowest BCUT2D eigenvalue weighted by Crippen LogP contribution is -2.38. The van der Waals surface area contributed by atoms with Crippen molar-refractivity contribution in [2.75, 3.05) is 0 Å². The molecule has 0 saturated heterocycles. The van der Waals surface area contributed by atoms with E-state index in [0.29, 0.717) is 16.3 Å². The summed E-state index contributed by atoms with van der Waals surface area (Å²) in [4.78, 5) is 24.7. The molecule has 3 heterocycles. The second-order valence-corrected chi connectivity index (χ2v) is 7.14. The quantitative estimate of drug-likeness (QED) is 0.809. The highest BCUT2D eigenvalue weighted by molar-refractivity contribution is 6.30. The van der Waals surface area contributed by atoms with Crippen LogP contribution in [0.25, 0.3) is 11.3 Å². The van der Waals surface area contributed by atoms with E-state index in [1.54, 1.807) is 32.2 Å². The standard InChI is InChI=1S/C18H16ClN3O3/c1-18(2)16-14(17(24)25-18)11(7-13(23)21-16)12-8-20-22-15(12)9-3-5-10(19)6-4-9/h3-6,8,11H,7H2,1-2H3,(H,20,22)(H,21,23)/t11-/m1/s1. The number of carbonyl (C=O) groups excluding carboxylic acids is 2. The van der Waals surface area contributed by atoms with Crippen LogP contribution in [0, 0.1) is 0 Å². The zero-order valence-electron chi connectivity index (χ0n) is 13.7. The van der Waals surface area contributed by atoms with Crippen LogP contribution in [0.5, 0.6) is 0 Å². The summed E-state index contributed by atoms with van der Waals surface area (Å²) in [5, 5.41) is 10.5. The molecule has 0 radical (unpaired) electrons. The van der Waals surface area contributed by atoms with Gasteiger partial charge in [-0.05, 0) is 31.5 Å². The van der Waals surface area contributed by atoms with Gasteiger partial charge < -0.3 is 10.1 Å². The summed E-state index contributed by atoms with van der Waals surface area (Å²) in [6.45, 7) is 3.54. The number of ether oxygens (including phenoxy) is 1. The minimum absolute atomic E-state index is 0.140. The van der Waals surface area contributed by atoms with Gasteiger partial charge in [-0.25, -0.2) is 4.79 Å². The largest absolute Gasteiger partial charge is 0.450 e. The molecule has 0 saturated carbocycles. The van der Waals surface area contributed by atoms with Gasteiger partial charge in [0.25, 0.3) is 0 Å². The first kappa shape index (κ1) is 15.9. The van der Waals surface area contributed by atoms with E-state index in [0.717, 1.165) is 16.8 Å². The minimum atomic E-state index is -0.842. The van der Waals surface area contributed by atoms with Crippen molar-refractivity contribution < 1.29 is 14.3 Å². The Balaban J connectivity index is 1.84. The molecular formula is C18H16ClN3O3. The van der Waals surface area contributed by atoms with E-state index in [4.69, 9.17) is 16.3 Å². The molecule has 128 valence electrons. The fourth-order valence-corrected chi connectivity index (χ4v) is 3.58. The van der Waals surface area contributed by atoms with Crippen LogP contribution in [0.15, 0.2) is 41.7 Å².